The van der Waals surface area contributed by atoms with Crippen molar-refractivity contribution in [2.75, 3.05) is 0 Å². The second-order valence-electron chi connectivity index (χ2n) is 3.40. The smallest absolute Gasteiger partial charge is 0.228 e. The Kier molecular flexibility index (Phi) is 4.10. The summed E-state index contributed by atoms with van der Waals surface area (Å²) in [6.07, 6.45) is 0.267. The van der Waals surface area contributed by atoms with Gasteiger partial charge in [0.25, 0.3) is 0 Å². The van der Waals surface area contributed by atoms with Crippen LogP contribution in [0.3, 0.4) is 0 Å². The zero-order chi connectivity index (χ0) is 12.2. The van der Waals surface area contributed by atoms with Crippen LogP contribution in [0.2, 0.25) is 0 Å². The van der Waals surface area contributed by atoms with Crippen LogP contribution in [-0.2, 0) is 16.6 Å². The van der Waals surface area contributed by atoms with Gasteiger partial charge in [-0.3, -0.25) is 0 Å². The minimum Gasteiger partial charge on any atom is -0.465 e. The average Bonchev–Trinajstić information content (AvgIpc) is 2.63. The van der Waals surface area contributed by atoms with E-state index in [1.54, 1.807) is 32.0 Å². The van der Waals surface area contributed by atoms with Gasteiger partial charge in [0.1, 0.15) is 11.5 Å². The highest BCUT2D eigenvalue weighted by molar-refractivity contribution is 7.90. The molecule has 0 saturated carbocycles. The highest BCUT2D eigenvalue weighted by atomic mass is 32.2. The molecule has 1 unspecified atom stereocenters. The van der Waals surface area contributed by atoms with E-state index in [4.69, 9.17) is 9.68 Å². The number of hydrogen-bond donors (Lipinski definition) is 1. The van der Waals surface area contributed by atoms with Crippen LogP contribution >= 0.6 is 0 Å². The summed E-state index contributed by atoms with van der Waals surface area (Å²) in [6.45, 7) is 3.51. The van der Waals surface area contributed by atoms with Crippen LogP contribution in [0.25, 0.3) is 0 Å². The molecule has 0 aliphatic rings. The van der Waals surface area contributed by atoms with Crippen LogP contribution in [0.5, 0.6) is 0 Å². The number of aryl methyl sites for hydroxylation is 1. The van der Waals surface area contributed by atoms with Gasteiger partial charge in [0.2, 0.25) is 10.0 Å². The van der Waals surface area contributed by atoms with Crippen molar-refractivity contribution in [3.05, 3.63) is 23.7 Å². The second kappa shape index (κ2) is 5.14. The lowest BCUT2D eigenvalue weighted by molar-refractivity contribution is 0.474. The molecule has 0 bridgehead atoms. The molecule has 1 aromatic heterocycles. The lowest BCUT2D eigenvalue weighted by atomic mass is 10.4. The maximum Gasteiger partial charge on any atom is 0.228 e. The van der Waals surface area contributed by atoms with E-state index >= 15 is 0 Å². The zero-order valence-corrected chi connectivity index (χ0v) is 10.0. The molecule has 0 amide bonds. The molecule has 1 heterocycles. The van der Waals surface area contributed by atoms with Crippen molar-refractivity contribution in [2.45, 2.75) is 32.1 Å². The quantitative estimate of drug-likeness (QED) is 0.843. The molecule has 1 atom stereocenters. The van der Waals surface area contributed by atoms with E-state index in [1.165, 1.54) is 0 Å². The van der Waals surface area contributed by atoms with E-state index in [9.17, 15) is 8.42 Å². The van der Waals surface area contributed by atoms with Gasteiger partial charge < -0.3 is 4.42 Å². The Morgan fingerprint density at radius 2 is 2.25 bits per heavy atom. The van der Waals surface area contributed by atoms with Crippen molar-refractivity contribution in [1.29, 1.82) is 5.26 Å². The number of furan rings is 1. The van der Waals surface area contributed by atoms with Crippen molar-refractivity contribution in [1.82, 2.24) is 4.72 Å². The molecule has 0 saturated heterocycles. The van der Waals surface area contributed by atoms with E-state index in [2.05, 4.69) is 4.72 Å². The molecular weight excluding hydrogens is 228 g/mol. The first-order chi connectivity index (χ1) is 7.49. The van der Waals surface area contributed by atoms with E-state index in [0.29, 0.717) is 5.76 Å². The van der Waals surface area contributed by atoms with E-state index in [-0.39, 0.29) is 13.0 Å². The molecule has 0 spiro atoms. The first kappa shape index (κ1) is 12.7. The molecule has 0 aliphatic carbocycles. The van der Waals surface area contributed by atoms with Crippen molar-refractivity contribution in [3.63, 3.8) is 0 Å². The van der Waals surface area contributed by atoms with Crippen LogP contribution in [0.15, 0.2) is 16.5 Å². The summed E-state index contributed by atoms with van der Waals surface area (Å²) < 4.78 is 30.8. The fraction of sp³-hybridized carbons (Fsp3) is 0.500. The van der Waals surface area contributed by atoms with Crippen molar-refractivity contribution in [2.24, 2.45) is 0 Å². The number of sulfonamides is 1. The van der Waals surface area contributed by atoms with Gasteiger partial charge in [0, 0.05) is 0 Å². The molecule has 6 heteroatoms. The predicted octanol–water partition coefficient (Wildman–Crippen LogP) is 1.31. The Bertz CT molecular complexity index is 484. The third-order valence-electron chi connectivity index (χ3n) is 2.13. The van der Waals surface area contributed by atoms with Gasteiger partial charge in [0.05, 0.1) is 12.6 Å². The highest BCUT2D eigenvalue weighted by Crippen LogP contribution is 2.08. The topological polar surface area (TPSA) is 83.1 Å². The SMILES string of the molecule is CCC(C#N)S(=O)(=O)NCc1ccc(C)o1. The molecule has 16 heavy (non-hydrogen) atoms. The van der Waals surface area contributed by atoms with E-state index in [0.717, 1.165) is 5.76 Å². The molecule has 88 valence electrons. The Hall–Kier alpha value is -1.32. The molecule has 0 aliphatic heterocycles. The summed E-state index contributed by atoms with van der Waals surface area (Å²) in [4.78, 5) is 0. The molecule has 1 aromatic rings. The van der Waals surface area contributed by atoms with Crippen LogP contribution in [0, 0.1) is 18.3 Å². The minimum atomic E-state index is -3.58. The molecule has 0 aromatic carbocycles. The lowest BCUT2D eigenvalue weighted by Crippen LogP contribution is -2.32. The summed E-state index contributed by atoms with van der Waals surface area (Å²) in [7, 11) is -3.58. The van der Waals surface area contributed by atoms with E-state index in [1.807, 2.05) is 0 Å². The second-order valence-corrected chi connectivity index (χ2v) is 5.35. The number of rotatable bonds is 5. The van der Waals surface area contributed by atoms with Crippen molar-refractivity contribution in [3.8, 4) is 6.07 Å². The van der Waals surface area contributed by atoms with Crippen LogP contribution < -0.4 is 4.72 Å². The average molecular weight is 242 g/mol. The fourth-order valence-corrected chi connectivity index (χ4v) is 2.35. The van der Waals surface area contributed by atoms with Crippen LogP contribution in [0.1, 0.15) is 24.9 Å². The third-order valence-corrected chi connectivity index (χ3v) is 3.87. The monoisotopic (exact) mass is 242 g/mol. The maximum absolute atomic E-state index is 11.6. The standard InChI is InChI=1S/C10H14N2O3S/c1-3-10(6-11)16(13,14)12-7-9-5-4-8(2)15-9/h4-5,10,12H,3,7H2,1-2H3. The van der Waals surface area contributed by atoms with Gasteiger partial charge in [-0.05, 0) is 25.5 Å². The van der Waals surface area contributed by atoms with Gasteiger partial charge in [-0.1, -0.05) is 6.92 Å². The first-order valence-corrected chi connectivity index (χ1v) is 6.47. The molecule has 0 radical (unpaired) electrons. The normalized spacial score (nSPS) is 13.3. The number of nitrogens with zero attached hydrogens (tertiary/aromatic N) is 1. The first-order valence-electron chi connectivity index (χ1n) is 4.93. The third kappa shape index (κ3) is 3.08. The zero-order valence-electron chi connectivity index (χ0n) is 9.23. The van der Waals surface area contributed by atoms with Gasteiger partial charge in [-0.2, -0.15) is 5.26 Å². The number of hydrogen-bond acceptors (Lipinski definition) is 4. The number of nitriles is 1. The Labute approximate surface area is 95.1 Å². The summed E-state index contributed by atoms with van der Waals surface area (Å²) in [5, 5.41) is 7.66. The van der Waals surface area contributed by atoms with E-state index < -0.39 is 15.3 Å². The summed E-state index contributed by atoms with van der Waals surface area (Å²) in [6, 6.07) is 5.21. The lowest BCUT2D eigenvalue weighted by Gasteiger charge is -2.08. The molecule has 0 fully saturated rings. The van der Waals surface area contributed by atoms with Crippen LogP contribution in [0.4, 0.5) is 0 Å². The molecular formula is C10H14N2O3S. The van der Waals surface area contributed by atoms with Gasteiger partial charge >= 0.3 is 0 Å². The Balaban J connectivity index is 2.65. The Morgan fingerprint density at radius 1 is 1.56 bits per heavy atom. The largest absolute Gasteiger partial charge is 0.465 e. The van der Waals surface area contributed by atoms with Gasteiger partial charge in [-0.25, -0.2) is 13.1 Å². The number of nitrogens with one attached hydrogen (secondary N) is 1. The molecule has 1 rings (SSSR count). The van der Waals surface area contributed by atoms with Crippen LogP contribution in [-0.4, -0.2) is 13.7 Å². The summed E-state index contributed by atoms with van der Waals surface area (Å²) in [5.74, 6) is 1.26. The van der Waals surface area contributed by atoms with Gasteiger partial charge in [-0.15, -0.1) is 0 Å². The highest BCUT2D eigenvalue weighted by Gasteiger charge is 2.22. The molecule has 5 nitrogen and oxygen atoms in total. The molecule has 1 N–H and O–H groups in total. The van der Waals surface area contributed by atoms with Crippen molar-refractivity contribution >= 4 is 10.0 Å². The summed E-state index contributed by atoms with van der Waals surface area (Å²) in [5.41, 5.74) is 0. The fourth-order valence-electron chi connectivity index (χ4n) is 1.23. The van der Waals surface area contributed by atoms with Crippen molar-refractivity contribution < 1.29 is 12.8 Å². The van der Waals surface area contributed by atoms with Gasteiger partial charge in [0.15, 0.2) is 5.25 Å². The summed E-state index contributed by atoms with van der Waals surface area (Å²) >= 11 is 0. The minimum absolute atomic E-state index is 0.0777. The maximum atomic E-state index is 11.6. The predicted molar refractivity (Wildman–Crippen MR) is 58.9 cm³/mol. The Morgan fingerprint density at radius 3 is 2.69 bits per heavy atom.